The second-order valence-corrected chi connectivity index (χ2v) is 16.4. The van der Waals surface area contributed by atoms with Gasteiger partial charge in [0.15, 0.2) is 6.61 Å². The number of carbonyl (C=O) groups is 3. The van der Waals surface area contributed by atoms with Crippen molar-refractivity contribution in [2.24, 2.45) is 29.6 Å². The Balaban J connectivity index is 1.04. The molecule has 5 aromatic rings. The van der Waals surface area contributed by atoms with E-state index in [4.69, 9.17) is 4.74 Å². The summed E-state index contributed by atoms with van der Waals surface area (Å²) in [6.07, 6.45) is 0.691. The van der Waals surface area contributed by atoms with Crippen molar-refractivity contribution in [1.29, 1.82) is 0 Å². The second-order valence-electron chi connectivity index (χ2n) is 13.3. The van der Waals surface area contributed by atoms with Crippen LogP contribution in [0.4, 0.5) is 17.1 Å². The monoisotopic (exact) mass is 782 g/mol. The number of ether oxygens (including phenoxy) is 1. The minimum absolute atomic E-state index is 0.0611. The molecule has 51 heavy (non-hydrogen) atoms. The van der Waals surface area contributed by atoms with Gasteiger partial charge in [0.05, 0.1) is 27.5 Å². The largest absolute Gasteiger partial charge is 0.483 e. The van der Waals surface area contributed by atoms with Crippen molar-refractivity contribution >= 4 is 84.6 Å². The predicted octanol–water partition coefficient (Wildman–Crippen LogP) is 6.96. The van der Waals surface area contributed by atoms with Crippen LogP contribution in [0.3, 0.4) is 0 Å². The Hall–Kier alpha value is -4.79. The highest BCUT2D eigenvalue weighted by molar-refractivity contribution is 9.10. The van der Waals surface area contributed by atoms with Gasteiger partial charge in [-0.3, -0.25) is 34.2 Å². The number of nitrogens with one attached hydrogen (secondary N) is 2. The van der Waals surface area contributed by atoms with Crippen molar-refractivity contribution in [1.82, 2.24) is 4.98 Å². The van der Waals surface area contributed by atoms with Gasteiger partial charge in [-0.05, 0) is 66.0 Å². The molecule has 2 aliphatic heterocycles. The van der Waals surface area contributed by atoms with Gasteiger partial charge in [0, 0.05) is 49.3 Å². The quantitative estimate of drug-likeness (QED) is 0.102. The van der Waals surface area contributed by atoms with Crippen LogP contribution in [-0.4, -0.2) is 39.5 Å². The maximum absolute atomic E-state index is 14.1. The van der Waals surface area contributed by atoms with Crippen molar-refractivity contribution < 1.29 is 24.0 Å². The molecule has 0 radical (unpaired) electrons. The van der Waals surface area contributed by atoms with Crippen LogP contribution >= 0.6 is 39.0 Å². The number of hydrogen-bond donors (Lipinski definition) is 2. The summed E-state index contributed by atoms with van der Waals surface area (Å²) < 4.78 is 7.06. The Kier molecular flexibility index (Phi) is 7.67. The molecule has 3 amide bonds. The average molecular weight is 784 g/mol. The molecule has 2 aliphatic carbocycles. The van der Waals surface area contributed by atoms with Gasteiger partial charge >= 0.3 is 4.87 Å². The number of hydrogen-bond acceptors (Lipinski definition) is 9. The van der Waals surface area contributed by atoms with Crippen LogP contribution in [0.15, 0.2) is 99.2 Å². The van der Waals surface area contributed by atoms with E-state index in [2.05, 4.69) is 26.2 Å². The number of nitro benzene ring substituents is 1. The predicted molar refractivity (Wildman–Crippen MR) is 196 cm³/mol. The molecule has 2 saturated carbocycles. The standard InChI is InChI=1S/C37H27BrN4O7S2/c38-18-8-13-26(49-16-27(43)39-25-7-3-5-17-4-1-2-6-21(17)25)22(14-18)28-29-23-15-24(32(29)50-34-33(28)51-37(46)40-34)31-30(23)35(44)41(36(31)45)19-9-11-20(12-10-19)42(47)48/h1-14,23-24,28-32H,15-16H2,(H,39,43)(H,40,46)/t23-,24-,28-,29?,30?,31?,32?/m1/s1. The number of benzene rings is 4. The fourth-order valence-corrected chi connectivity index (χ4v) is 12.2. The van der Waals surface area contributed by atoms with Crippen LogP contribution in [0.1, 0.15) is 22.8 Å². The van der Waals surface area contributed by atoms with Crippen LogP contribution in [0.2, 0.25) is 0 Å². The van der Waals surface area contributed by atoms with E-state index in [-0.39, 0.29) is 63.8 Å². The van der Waals surface area contributed by atoms with E-state index >= 15 is 0 Å². The SMILES string of the molecule is O=C(COc1ccc(Br)cc1[C@H]1c2sc(=O)[nH]c2SC2C1[C@H]1C[C@@H]2C2C(=O)N(c3ccc([N+](=O)[O-])cc3)C(=O)C21)Nc1cccc2ccccc12. The van der Waals surface area contributed by atoms with E-state index < -0.39 is 16.8 Å². The molecule has 1 aromatic heterocycles. The molecule has 3 fully saturated rings. The summed E-state index contributed by atoms with van der Waals surface area (Å²) in [4.78, 5) is 69.8. The first-order valence-corrected chi connectivity index (χ1v) is 18.9. The molecule has 2 bridgehead atoms. The van der Waals surface area contributed by atoms with Crippen molar-refractivity contribution in [3.05, 3.63) is 120 Å². The maximum atomic E-state index is 14.1. The number of H-pyrrole nitrogens is 1. The number of nitro groups is 1. The summed E-state index contributed by atoms with van der Waals surface area (Å²) in [6, 6.07) is 24.6. The molecular weight excluding hydrogens is 756 g/mol. The summed E-state index contributed by atoms with van der Waals surface area (Å²) in [5, 5.41) is 16.8. The van der Waals surface area contributed by atoms with Gasteiger partial charge in [-0.15, -0.1) is 11.8 Å². The van der Waals surface area contributed by atoms with E-state index in [1.807, 2.05) is 60.7 Å². The van der Waals surface area contributed by atoms with Gasteiger partial charge in [0.2, 0.25) is 11.8 Å². The smallest absolute Gasteiger partial charge is 0.305 e. The summed E-state index contributed by atoms with van der Waals surface area (Å²) in [6.45, 7) is -0.252. The zero-order valence-corrected chi connectivity index (χ0v) is 29.7. The van der Waals surface area contributed by atoms with Crippen LogP contribution in [0.5, 0.6) is 5.75 Å². The summed E-state index contributed by atoms with van der Waals surface area (Å²) in [7, 11) is 0. The normalized spacial score (nSPS) is 25.8. The lowest BCUT2D eigenvalue weighted by molar-refractivity contribution is -0.384. The van der Waals surface area contributed by atoms with Crippen LogP contribution in [0, 0.1) is 39.7 Å². The zero-order valence-electron chi connectivity index (χ0n) is 26.5. The van der Waals surface area contributed by atoms with E-state index in [0.29, 0.717) is 23.5 Å². The molecule has 11 nitrogen and oxygen atoms in total. The van der Waals surface area contributed by atoms with Crippen LogP contribution < -0.4 is 19.8 Å². The number of imide groups is 1. The van der Waals surface area contributed by atoms with Gasteiger partial charge in [0.1, 0.15) is 5.75 Å². The molecule has 1 saturated heterocycles. The number of halogens is 1. The number of aromatic amines is 1. The molecule has 7 atom stereocenters. The van der Waals surface area contributed by atoms with Gasteiger partial charge in [-0.1, -0.05) is 63.7 Å². The molecule has 256 valence electrons. The number of amides is 3. The Morgan fingerprint density at radius 1 is 0.980 bits per heavy atom. The highest BCUT2D eigenvalue weighted by Crippen LogP contribution is 2.69. The van der Waals surface area contributed by atoms with Gasteiger partial charge in [-0.25, -0.2) is 0 Å². The molecule has 4 aliphatic rings. The van der Waals surface area contributed by atoms with Gasteiger partial charge in [0.25, 0.3) is 11.6 Å². The molecule has 3 heterocycles. The third-order valence-electron chi connectivity index (χ3n) is 10.8. The van der Waals surface area contributed by atoms with E-state index in [1.165, 1.54) is 29.2 Å². The third-order valence-corrected chi connectivity index (χ3v) is 13.9. The fraction of sp³-hybridized carbons (Fsp3) is 0.243. The molecule has 9 rings (SSSR count). The summed E-state index contributed by atoms with van der Waals surface area (Å²) in [5.74, 6) is -2.19. The molecule has 4 unspecified atom stereocenters. The minimum Gasteiger partial charge on any atom is -0.483 e. The first-order valence-electron chi connectivity index (χ1n) is 16.4. The summed E-state index contributed by atoms with van der Waals surface area (Å²) >= 11 is 6.34. The number of carbonyl (C=O) groups excluding carboxylic acids is 3. The Bertz CT molecular complexity index is 2360. The molecule has 14 heteroatoms. The number of thioether (sulfide) groups is 1. The topological polar surface area (TPSA) is 152 Å². The third kappa shape index (κ3) is 5.14. The number of rotatable bonds is 7. The minimum atomic E-state index is -0.553. The lowest BCUT2D eigenvalue weighted by Crippen LogP contribution is -2.42. The fourth-order valence-electron chi connectivity index (χ4n) is 8.90. The zero-order chi connectivity index (χ0) is 35.1. The number of fused-ring (bicyclic) bond motifs is 10. The number of aromatic nitrogens is 1. The highest BCUT2D eigenvalue weighted by atomic mass is 79.9. The molecule has 2 N–H and O–H groups in total. The maximum Gasteiger partial charge on any atom is 0.305 e. The van der Waals surface area contributed by atoms with Crippen LogP contribution in [0.25, 0.3) is 10.8 Å². The Morgan fingerprint density at radius 3 is 2.51 bits per heavy atom. The Morgan fingerprint density at radius 2 is 1.73 bits per heavy atom. The van der Waals surface area contributed by atoms with Crippen molar-refractivity contribution in [3.63, 3.8) is 0 Å². The van der Waals surface area contributed by atoms with Crippen molar-refractivity contribution in [2.45, 2.75) is 22.6 Å². The van der Waals surface area contributed by atoms with Crippen molar-refractivity contribution in [3.8, 4) is 5.75 Å². The number of thiazole rings is 1. The Labute approximate surface area is 306 Å². The summed E-state index contributed by atoms with van der Waals surface area (Å²) in [5.41, 5.74) is 1.68. The lowest BCUT2D eigenvalue weighted by atomic mass is 9.68. The number of anilines is 2. The second kappa shape index (κ2) is 12.2. The van der Waals surface area contributed by atoms with Gasteiger partial charge < -0.3 is 15.0 Å². The lowest BCUT2D eigenvalue weighted by Gasteiger charge is -2.43. The van der Waals surface area contributed by atoms with Crippen molar-refractivity contribution in [2.75, 3.05) is 16.8 Å². The number of non-ortho nitro benzene ring substituents is 1. The first-order chi connectivity index (χ1) is 24.7. The highest BCUT2D eigenvalue weighted by Gasteiger charge is 2.70. The average Bonchev–Trinajstić information content (AvgIpc) is 3.86. The molecule has 0 spiro atoms. The van der Waals surface area contributed by atoms with E-state index in [0.717, 1.165) is 42.0 Å². The molecular formula is C37H27BrN4O7S2. The first kappa shape index (κ1) is 32.1. The van der Waals surface area contributed by atoms with Crippen LogP contribution in [-0.2, 0) is 14.4 Å². The number of nitrogens with zero attached hydrogens (tertiary/aromatic N) is 2. The molecule has 4 aromatic carbocycles. The van der Waals surface area contributed by atoms with Gasteiger partial charge in [-0.2, -0.15) is 0 Å². The van der Waals surface area contributed by atoms with E-state index in [9.17, 15) is 29.3 Å². The van der Waals surface area contributed by atoms with E-state index in [1.54, 1.807) is 11.8 Å².